The normalized spacial score (nSPS) is 9.90. The maximum absolute atomic E-state index is 9.07. The van der Waals surface area contributed by atoms with Gasteiger partial charge in [0.2, 0.25) is 0 Å². The van der Waals surface area contributed by atoms with E-state index < -0.39 is 0 Å². The lowest BCUT2D eigenvalue weighted by molar-refractivity contribution is 0.410. The smallest absolute Gasteiger partial charge is 0.123 e. The number of benzene rings is 2. The minimum Gasteiger partial charge on any atom is -0.496 e. The Bertz CT molecular complexity index is 665. The molecule has 5 heteroatoms. The second kappa shape index (κ2) is 6.51. The van der Waals surface area contributed by atoms with Gasteiger partial charge in [0.15, 0.2) is 0 Å². The molecule has 0 radical (unpaired) electrons. The summed E-state index contributed by atoms with van der Waals surface area (Å²) in [5, 5.41) is 13.5. The van der Waals surface area contributed by atoms with Gasteiger partial charge in [-0.15, -0.1) is 0 Å². The van der Waals surface area contributed by atoms with Gasteiger partial charge in [0.25, 0.3) is 0 Å². The summed E-state index contributed by atoms with van der Waals surface area (Å²) in [5.41, 5.74) is 2.13. The molecule has 0 aliphatic carbocycles. The highest BCUT2D eigenvalue weighted by atomic mass is 35.5. The van der Waals surface area contributed by atoms with E-state index >= 15 is 0 Å². The van der Waals surface area contributed by atoms with Gasteiger partial charge in [-0.2, -0.15) is 5.26 Å². The molecule has 2 aromatic rings. The zero-order chi connectivity index (χ0) is 14.5. The average molecular weight is 307 g/mol. The fraction of sp³-hybridized carbons (Fsp3) is 0.133. The van der Waals surface area contributed by atoms with Crippen LogP contribution in [0.3, 0.4) is 0 Å². The second-order valence-electron chi connectivity index (χ2n) is 4.11. The minimum atomic E-state index is 0.485. The molecule has 0 aliphatic rings. The Kier molecular flexibility index (Phi) is 4.73. The van der Waals surface area contributed by atoms with Crippen molar-refractivity contribution in [2.24, 2.45) is 0 Å². The lowest BCUT2D eigenvalue weighted by Crippen LogP contribution is -2.03. The van der Waals surface area contributed by atoms with Crippen molar-refractivity contribution < 1.29 is 4.74 Å². The molecule has 0 saturated heterocycles. The summed E-state index contributed by atoms with van der Waals surface area (Å²) in [6.45, 7) is 0.485. The monoisotopic (exact) mass is 306 g/mol. The molecule has 1 N–H and O–H groups in total. The van der Waals surface area contributed by atoms with Crippen LogP contribution in [0.25, 0.3) is 0 Å². The van der Waals surface area contributed by atoms with Crippen LogP contribution in [0, 0.1) is 11.3 Å². The molecule has 0 aromatic heterocycles. The number of nitrogens with one attached hydrogen (secondary N) is 1. The zero-order valence-electron chi connectivity index (χ0n) is 10.8. The molecule has 0 heterocycles. The highest BCUT2D eigenvalue weighted by Crippen LogP contribution is 2.25. The van der Waals surface area contributed by atoms with Gasteiger partial charge >= 0.3 is 0 Å². The fourth-order valence-corrected chi connectivity index (χ4v) is 2.20. The minimum absolute atomic E-state index is 0.485. The van der Waals surface area contributed by atoms with Gasteiger partial charge in [0.05, 0.1) is 18.4 Å². The van der Waals surface area contributed by atoms with E-state index in [9.17, 15) is 0 Å². The van der Waals surface area contributed by atoms with Crippen LogP contribution in [0.2, 0.25) is 10.0 Å². The number of nitriles is 1. The quantitative estimate of drug-likeness (QED) is 0.905. The van der Waals surface area contributed by atoms with Gasteiger partial charge in [0, 0.05) is 22.2 Å². The Labute approximate surface area is 127 Å². The molecule has 102 valence electrons. The summed E-state index contributed by atoms with van der Waals surface area (Å²) in [4.78, 5) is 0. The third-order valence-electron chi connectivity index (χ3n) is 2.81. The van der Waals surface area contributed by atoms with Crippen molar-refractivity contribution in [3.05, 3.63) is 57.6 Å². The van der Waals surface area contributed by atoms with Crippen molar-refractivity contribution in [2.45, 2.75) is 6.54 Å². The molecule has 0 atom stereocenters. The van der Waals surface area contributed by atoms with Crippen LogP contribution in [0.5, 0.6) is 5.75 Å². The molecule has 0 aliphatic heterocycles. The summed E-state index contributed by atoms with van der Waals surface area (Å²) in [6, 6.07) is 12.6. The number of hydrogen-bond donors (Lipinski definition) is 1. The standard InChI is InChI=1S/C15H12Cl2N2O/c1-20-15-5-4-12(16)6-11(15)9-19-14-7-13(17)3-2-10(14)8-18/h2-7,19H,9H2,1H3. The SMILES string of the molecule is COc1ccc(Cl)cc1CNc1cc(Cl)ccc1C#N. The van der Waals surface area contributed by atoms with Gasteiger partial charge < -0.3 is 10.1 Å². The van der Waals surface area contributed by atoms with E-state index in [1.165, 1.54) is 0 Å². The zero-order valence-corrected chi connectivity index (χ0v) is 12.3. The molecule has 0 fully saturated rings. The third-order valence-corrected chi connectivity index (χ3v) is 3.28. The predicted octanol–water partition coefficient (Wildman–Crippen LogP) is 4.49. The number of methoxy groups -OCH3 is 1. The Hall–Kier alpha value is -1.89. The van der Waals surface area contributed by atoms with Crippen molar-refractivity contribution in [3.63, 3.8) is 0 Å². The van der Waals surface area contributed by atoms with Crippen molar-refractivity contribution in [1.82, 2.24) is 0 Å². The molecular weight excluding hydrogens is 295 g/mol. The lowest BCUT2D eigenvalue weighted by atomic mass is 10.1. The molecule has 0 spiro atoms. The highest BCUT2D eigenvalue weighted by molar-refractivity contribution is 6.31. The summed E-state index contributed by atoms with van der Waals surface area (Å²) < 4.78 is 5.28. The van der Waals surface area contributed by atoms with E-state index in [1.54, 1.807) is 31.4 Å². The van der Waals surface area contributed by atoms with E-state index in [0.717, 1.165) is 11.3 Å². The topological polar surface area (TPSA) is 45.0 Å². The Morgan fingerprint density at radius 2 is 1.85 bits per heavy atom. The second-order valence-corrected chi connectivity index (χ2v) is 4.98. The van der Waals surface area contributed by atoms with Gasteiger partial charge in [-0.3, -0.25) is 0 Å². The number of halogens is 2. The van der Waals surface area contributed by atoms with Crippen molar-refractivity contribution >= 4 is 28.9 Å². The maximum Gasteiger partial charge on any atom is 0.123 e. The fourth-order valence-electron chi connectivity index (χ4n) is 1.84. The molecule has 0 bridgehead atoms. The number of ether oxygens (including phenoxy) is 1. The van der Waals surface area contributed by atoms with Crippen molar-refractivity contribution in [1.29, 1.82) is 5.26 Å². The molecule has 0 saturated carbocycles. The number of hydrogen-bond acceptors (Lipinski definition) is 3. The van der Waals surface area contributed by atoms with E-state index in [1.807, 2.05) is 12.1 Å². The van der Waals surface area contributed by atoms with E-state index in [0.29, 0.717) is 27.8 Å². The summed E-state index contributed by atoms with van der Waals surface area (Å²) in [5.74, 6) is 0.738. The number of rotatable bonds is 4. The van der Waals surface area contributed by atoms with Crippen LogP contribution in [-0.2, 0) is 6.54 Å². The van der Waals surface area contributed by atoms with Crippen LogP contribution in [0.15, 0.2) is 36.4 Å². The summed E-state index contributed by atoms with van der Waals surface area (Å²) in [7, 11) is 1.60. The van der Waals surface area contributed by atoms with Gasteiger partial charge in [-0.1, -0.05) is 23.2 Å². The molecule has 2 aromatic carbocycles. The van der Waals surface area contributed by atoms with Gasteiger partial charge in [-0.05, 0) is 36.4 Å². The van der Waals surface area contributed by atoms with Crippen LogP contribution in [-0.4, -0.2) is 7.11 Å². The maximum atomic E-state index is 9.07. The van der Waals surface area contributed by atoms with Crippen LogP contribution >= 0.6 is 23.2 Å². The lowest BCUT2D eigenvalue weighted by Gasteiger charge is -2.12. The van der Waals surface area contributed by atoms with Gasteiger partial charge in [-0.25, -0.2) is 0 Å². The number of nitrogens with zero attached hydrogens (tertiary/aromatic N) is 1. The Morgan fingerprint density at radius 3 is 2.55 bits per heavy atom. The average Bonchev–Trinajstić information content (AvgIpc) is 2.45. The first-order chi connectivity index (χ1) is 9.63. The van der Waals surface area contributed by atoms with Crippen LogP contribution in [0.1, 0.15) is 11.1 Å². The first-order valence-corrected chi connectivity index (χ1v) is 6.65. The van der Waals surface area contributed by atoms with E-state index in [2.05, 4.69) is 11.4 Å². The molecule has 3 nitrogen and oxygen atoms in total. The van der Waals surface area contributed by atoms with E-state index in [-0.39, 0.29) is 0 Å². The Morgan fingerprint density at radius 1 is 1.15 bits per heavy atom. The molecule has 20 heavy (non-hydrogen) atoms. The van der Waals surface area contributed by atoms with Crippen LogP contribution in [0.4, 0.5) is 5.69 Å². The largest absolute Gasteiger partial charge is 0.496 e. The van der Waals surface area contributed by atoms with E-state index in [4.69, 9.17) is 33.2 Å². The first kappa shape index (κ1) is 14.5. The number of anilines is 1. The van der Waals surface area contributed by atoms with Crippen molar-refractivity contribution in [2.75, 3.05) is 12.4 Å². The summed E-state index contributed by atoms with van der Waals surface area (Å²) in [6.07, 6.45) is 0. The van der Waals surface area contributed by atoms with Crippen LogP contribution < -0.4 is 10.1 Å². The molecule has 2 rings (SSSR count). The molecule has 0 amide bonds. The highest BCUT2D eigenvalue weighted by Gasteiger charge is 2.06. The molecular formula is C15H12Cl2N2O. The molecule has 0 unspecified atom stereocenters. The van der Waals surface area contributed by atoms with Gasteiger partial charge in [0.1, 0.15) is 11.8 Å². The first-order valence-electron chi connectivity index (χ1n) is 5.90. The predicted molar refractivity (Wildman–Crippen MR) is 81.5 cm³/mol. The summed E-state index contributed by atoms with van der Waals surface area (Å²) >= 11 is 11.9. The third kappa shape index (κ3) is 3.36. The Balaban J connectivity index is 2.23. The van der Waals surface area contributed by atoms with Crippen molar-refractivity contribution in [3.8, 4) is 11.8 Å².